The van der Waals surface area contributed by atoms with Crippen LogP contribution >= 0.6 is 0 Å². The lowest BCUT2D eigenvalue weighted by Gasteiger charge is -2.35. The van der Waals surface area contributed by atoms with Crippen LogP contribution in [0.3, 0.4) is 0 Å². The Morgan fingerprint density at radius 1 is 1.14 bits per heavy atom. The highest BCUT2D eigenvalue weighted by Crippen LogP contribution is 2.30. The van der Waals surface area contributed by atoms with E-state index in [4.69, 9.17) is 0 Å². The molecule has 1 fully saturated rings. The van der Waals surface area contributed by atoms with E-state index in [0.29, 0.717) is 42.3 Å². The molecule has 1 atom stereocenters. The van der Waals surface area contributed by atoms with Gasteiger partial charge in [-0.3, -0.25) is 9.59 Å². The second kappa shape index (κ2) is 8.95. The van der Waals surface area contributed by atoms with Gasteiger partial charge in [0, 0.05) is 31.4 Å². The number of amides is 2. The van der Waals surface area contributed by atoms with Crippen LogP contribution in [0.2, 0.25) is 0 Å². The number of nitrogens with zero attached hydrogens (tertiary/aromatic N) is 4. The van der Waals surface area contributed by atoms with Crippen LogP contribution in [-0.4, -0.2) is 51.2 Å². The number of benzene rings is 1. The minimum Gasteiger partial charge on any atom is -0.339 e. The summed E-state index contributed by atoms with van der Waals surface area (Å²) in [6.07, 6.45) is 4.47. The highest BCUT2D eigenvalue weighted by atomic mass is 16.2. The summed E-state index contributed by atoms with van der Waals surface area (Å²) in [5.74, 6) is 0.585. The van der Waals surface area contributed by atoms with E-state index in [1.165, 1.54) is 0 Å². The Kier molecular flexibility index (Phi) is 6.39. The molecule has 1 aromatic carbocycles. The highest BCUT2D eigenvalue weighted by molar-refractivity contribution is 5.95. The molecule has 2 aromatic rings. The third-order valence-electron chi connectivity index (χ3n) is 5.36. The Balaban J connectivity index is 1.87. The van der Waals surface area contributed by atoms with Crippen molar-refractivity contribution >= 4 is 11.8 Å². The van der Waals surface area contributed by atoms with Gasteiger partial charge < -0.3 is 9.80 Å². The third-order valence-corrected chi connectivity index (χ3v) is 5.36. The van der Waals surface area contributed by atoms with E-state index in [1.807, 2.05) is 56.0 Å². The zero-order valence-corrected chi connectivity index (χ0v) is 16.9. The lowest BCUT2D eigenvalue weighted by molar-refractivity contribution is 0.0598. The van der Waals surface area contributed by atoms with Gasteiger partial charge in [-0.2, -0.15) is 0 Å². The van der Waals surface area contributed by atoms with Gasteiger partial charge >= 0.3 is 0 Å². The van der Waals surface area contributed by atoms with Crippen molar-refractivity contribution in [2.45, 2.75) is 46.1 Å². The summed E-state index contributed by atoms with van der Waals surface area (Å²) in [6.45, 7) is 7.76. The van der Waals surface area contributed by atoms with Crippen molar-refractivity contribution in [3.63, 3.8) is 0 Å². The predicted molar refractivity (Wildman–Crippen MR) is 108 cm³/mol. The van der Waals surface area contributed by atoms with E-state index in [0.717, 1.165) is 19.3 Å². The largest absolute Gasteiger partial charge is 0.339 e. The van der Waals surface area contributed by atoms with Gasteiger partial charge in [-0.1, -0.05) is 18.2 Å². The molecule has 1 aromatic heterocycles. The molecule has 1 saturated heterocycles. The summed E-state index contributed by atoms with van der Waals surface area (Å²) in [5.41, 5.74) is 1.88. The molecule has 28 heavy (non-hydrogen) atoms. The Labute approximate surface area is 166 Å². The van der Waals surface area contributed by atoms with E-state index in [2.05, 4.69) is 9.97 Å². The number of aryl methyl sites for hydroxylation is 1. The lowest BCUT2D eigenvalue weighted by atomic mass is 9.99. The molecule has 0 spiro atoms. The molecule has 0 aliphatic carbocycles. The molecule has 0 saturated carbocycles. The van der Waals surface area contributed by atoms with Crippen LogP contribution in [-0.2, 0) is 0 Å². The zero-order chi connectivity index (χ0) is 20.1. The number of hydrogen-bond donors (Lipinski definition) is 0. The maximum atomic E-state index is 13.0. The number of carbonyl (C=O) groups is 2. The molecule has 0 N–H and O–H groups in total. The van der Waals surface area contributed by atoms with Crippen molar-refractivity contribution < 1.29 is 9.59 Å². The number of piperidine rings is 1. The smallest absolute Gasteiger partial charge is 0.257 e. The topological polar surface area (TPSA) is 66.4 Å². The van der Waals surface area contributed by atoms with Crippen LogP contribution in [0.1, 0.15) is 71.4 Å². The molecule has 6 heteroatoms. The van der Waals surface area contributed by atoms with Gasteiger partial charge in [-0.15, -0.1) is 0 Å². The standard InChI is InChI=1S/C22H28N4O2/c1-4-25(5-2)22(28)18-15-23-20(24-16(18)3)19-13-9-10-14-26(19)21(27)17-11-7-6-8-12-17/h6-8,11-12,15,19H,4-5,9-10,13-14H2,1-3H3. The maximum absolute atomic E-state index is 13.0. The van der Waals surface area contributed by atoms with Crippen LogP contribution in [0.4, 0.5) is 0 Å². The molecule has 2 heterocycles. The van der Waals surface area contributed by atoms with E-state index in [1.54, 1.807) is 11.1 Å². The van der Waals surface area contributed by atoms with E-state index in [9.17, 15) is 9.59 Å². The Bertz CT molecular complexity index is 834. The van der Waals surface area contributed by atoms with Crippen LogP contribution in [0.15, 0.2) is 36.5 Å². The summed E-state index contributed by atoms with van der Waals surface area (Å²) >= 11 is 0. The van der Waals surface area contributed by atoms with Crippen LogP contribution < -0.4 is 0 Å². The SMILES string of the molecule is CCN(CC)C(=O)c1cnc(C2CCCCN2C(=O)c2ccccc2)nc1C. The summed E-state index contributed by atoms with van der Waals surface area (Å²) in [7, 11) is 0. The molecule has 0 radical (unpaired) electrons. The molecule has 2 amide bonds. The number of likely N-dealkylation sites (tertiary alicyclic amines) is 1. The highest BCUT2D eigenvalue weighted by Gasteiger charge is 2.31. The van der Waals surface area contributed by atoms with E-state index < -0.39 is 0 Å². The number of rotatable bonds is 5. The van der Waals surface area contributed by atoms with Crippen LogP contribution in [0.5, 0.6) is 0 Å². The third kappa shape index (κ3) is 4.06. The number of carbonyl (C=O) groups excluding carboxylic acids is 2. The van der Waals surface area contributed by atoms with Gasteiger partial charge in [-0.05, 0) is 52.2 Å². The summed E-state index contributed by atoms with van der Waals surface area (Å²) < 4.78 is 0. The first-order chi connectivity index (χ1) is 13.6. The molecular weight excluding hydrogens is 352 g/mol. The molecule has 6 nitrogen and oxygen atoms in total. The normalized spacial score (nSPS) is 16.7. The van der Waals surface area contributed by atoms with Gasteiger partial charge in [0.2, 0.25) is 0 Å². The maximum Gasteiger partial charge on any atom is 0.257 e. The molecule has 1 aliphatic heterocycles. The fourth-order valence-corrected chi connectivity index (χ4v) is 3.73. The van der Waals surface area contributed by atoms with Crippen molar-refractivity contribution in [2.75, 3.05) is 19.6 Å². The molecule has 1 aliphatic rings. The number of aromatic nitrogens is 2. The van der Waals surface area contributed by atoms with Crippen LogP contribution in [0.25, 0.3) is 0 Å². The quantitative estimate of drug-likeness (QED) is 0.794. The molecule has 3 rings (SSSR count). The second-order valence-electron chi connectivity index (χ2n) is 7.08. The monoisotopic (exact) mass is 380 g/mol. The summed E-state index contributed by atoms with van der Waals surface area (Å²) in [4.78, 5) is 38.5. The van der Waals surface area contributed by atoms with Gasteiger partial charge in [0.25, 0.3) is 11.8 Å². The molecule has 1 unspecified atom stereocenters. The average Bonchev–Trinajstić information content (AvgIpc) is 2.74. The molecule has 148 valence electrons. The van der Waals surface area contributed by atoms with Crippen molar-refractivity contribution in [1.82, 2.24) is 19.8 Å². The van der Waals surface area contributed by atoms with E-state index in [-0.39, 0.29) is 17.9 Å². The van der Waals surface area contributed by atoms with Gasteiger partial charge in [0.05, 0.1) is 17.3 Å². The first-order valence-corrected chi connectivity index (χ1v) is 10.1. The fraction of sp³-hybridized carbons (Fsp3) is 0.455. The minimum absolute atomic E-state index is 0.00912. The Hall–Kier alpha value is -2.76. The zero-order valence-electron chi connectivity index (χ0n) is 16.9. The Morgan fingerprint density at radius 3 is 2.50 bits per heavy atom. The molecular formula is C22H28N4O2. The van der Waals surface area contributed by atoms with Crippen molar-refractivity contribution in [1.29, 1.82) is 0 Å². The van der Waals surface area contributed by atoms with Crippen molar-refractivity contribution in [3.8, 4) is 0 Å². The van der Waals surface area contributed by atoms with Gasteiger partial charge in [-0.25, -0.2) is 9.97 Å². The second-order valence-corrected chi connectivity index (χ2v) is 7.08. The summed E-state index contributed by atoms with van der Waals surface area (Å²) in [5, 5.41) is 0. The lowest BCUT2D eigenvalue weighted by Crippen LogP contribution is -2.39. The van der Waals surface area contributed by atoms with Crippen LogP contribution in [0, 0.1) is 6.92 Å². The van der Waals surface area contributed by atoms with E-state index >= 15 is 0 Å². The van der Waals surface area contributed by atoms with Gasteiger partial charge in [0.15, 0.2) is 5.82 Å². The van der Waals surface area contributed by atoms with Crippen molar-refractivity contribution in [2.24, 2.45) is 0 Å². The number of hydrogen-bond acceptors (Lipinski definition) is 4. The summed E-state index contributed by atoms with van der Waals surface area (Å²) in [6, 6.07) is 9.18. The van der Waals surface area contributed by atoms with Crippen molar-refractivity contribution in [3.05, 3.63) is 59.2 Å². The predicted octanol–water partition coefficient (Wildman–Crippen LogP) is 3.63. The average molecular weight is 380 g/mol. The fourth-order valence-electron chi connectivity index (χ4n) is 3.73. The minimum atomic E-state index is -0.155. The first-order valence-electron chi connectivity index (χ1n) is 10.1. The molecule has 0 bridgehead atoms. The first kappa shape index (κ1) is 20.0. The Morgan fingerprint density at radius 2 is 1.86 bits per heavy atom. The van der Waals surface area contributed by atoms with Gasteiger partial charge in [0.1, 0.15) is 0 Å².